The van der Waals surface area contributed by atoms with E-state index in [1.807, 2.05) is 0 Å². The number of anilines is 1. The van der Waals surface area contributed by atoms with E-state index in [2.05, 4.69) is 10.6 Å². The standard InChI is InChI=1S/C15H20N2O5/c1-11(18)17-13-5-3-12(4-6-13)9-15(20)22-10-14(19)16-7-8-21-2/h3-6H,7-10H2,1-2H3,(H,16,19)(H,17,18). The molecule has 7 nitrogen and oxygen atoms in total. The molecule has 0 unspecified atom stereocenters. The number of benzene rings is 1. The van der Waals surface area contributed by atoms with Crippen LogP contribution in [0.3, 0.4) is 0 Å². The molecule has 1 aromatic carbocycles. The van der Waals surface area contributed by atoms with Crippen LogP contribution in [0.5, 0.6) is 0 Å². The van der Waals surface area contributed by atoms with Crippen LogP contribution < -0.4 is 10.6 Å². The number of esters is 1. The van der Waals surface area contributed by atoms with Gasteiger partial charge in [0.2, 0.25) is 5.91 Å². The molecule has 0 fully saturated rings. The van der Waals surface area contributed by atoms with Crippen LogP contribution in [0.1, 0.15) is 12.5 Å². The predicted molar refractivity (Wildman–Crippen MR) is 80.3 cm³/mol. The second kappa shape index (κ2) is 9.51. The van der Waals surface area contributed by atoms with Crippen molar-refractivity contribution in [2.24, 2.45) is 0 Å². The molecule has 22 heavy (non-hydrogen) atoms. The van der Waals surface area contributed by atoms with Gasteiger partial charge in [0.05, 0.1) is 13.0 Å². The van der Waals surface area contributed by atoms with E-state index >= 15 is 0 Å². The van der Waals surface area contributed by atoms with E-state index in [0.29, 0.717) is 18.8 Å². The van der Waals surface area contributed by atoms with Gasteiger partial charge in [-0.05, 0) is 17.7 Å². The molecule has 0 heterocycles. The Hall–Kier alpha value is -2.41. The van der Waals surface area contributed by atoms with Gasteiger partial charge in [-0.15, -0.1) is 0 Å². The number of nitrogens with one attached hydrogen (secondary N) is 2. The van der Waals surface area contributed by atoms with Crippen molar-refractivity contribution in [2.45, 2.75) is 13.3 Å². The minimum absolute atomic E-state index is 0.0612. The first-order valence-electron chi connectivity index (χ1n) is 6.79. The summed E-state index contributed by atoms with van der Waals surface area (Å²) in [5.74, 6) is -1.02. The molecule has 0 aliphatic carbocycles. The number of hydrogen-bond donors (Lipinski definition) is 2. The van der Waals surface area contributed by atoms with Crippen LogP contribution in [0.25, 0.3) is 0 Å². The van der Waals surface area contributed by atoms with Crippen molar-refractivity contribution in [3.05, 3.63) is 29.8 Å². The quantitative estimate of drug-likeness (QED) is 0.538. The van der Waals surface area contributed by atoms with Gasteiger partial charge in [-0.1, -0.05) is 12.1 Å². The lowest BCUT2D eigenvalue weighted by atomic mass is 10.1. The van der Waals surface area contributed by atoms with Crippen molar-refractivity contribution in [2.75, 3.05) is 32.2 Å². The summed E-state index contributed by atoms with van der Waals surface area (Å²) in [6, 6.07) is 6.82. The second-order valence-electron chi connectivity index (χ2n) is 4.56. The van der Waals surface area contributed by atoms with Crippen molar-refractivity contribution in [1.29, 1.82) is 0 Å². The monoisotopic (exact) mass is 308 g/mol. The number of methoxy groups -OCH3 is 1. The van der Waals surface area contributed by atoms with E-state index in [-0.39, 0.29) is 24.8 Å². The molecule has 7 heteroatoms. The summed E-state index contributed by atoms with van der Waals surface area (Å²) in [6.07, 6.45) is 0.0612. The van der Waals surface area contributed by atoms with E-state index in [1.54, 1.807) is 24.3 Å². The molecular weight excluding hydrogens is 288 g/mol. The van der Waals surface area contributed by atoms with Crippen molar-refractivity contribution in [3.8, 4) is 0 Å². The van der Waals surface area contributed by atoms with Gasteiger partial charge in [0.1, 0.15) is 0 Å². The van der Waals surface area contributed by atoms with Crippen LogP contribution >= 0.6 is 0 Å². The molecule has 0 atom stereocenters. The Morgan fingerprint density at radius 1 is 1.14 bits per heavy atom. The molecule has 2 N–H and O–H groups in total. The lowest BCUT2D eigenvalue weighted by molar-refractivity contribution is -0.147. The Kier molecular flexibility index (Phi) is 7.63. The van der Waals surface area contributed by atoms with E-state index in [0.717, 1.165) is 5.56 Å². The van der Waals surface area contributed by atoms with E-state index in [4.69, 9.17) is 9.47 Å². The fraction of sp³-hybridized carbons (Fsp3) is 0.400. The van der Waals surface area contributed by atoms with E-state index in [9.17, 15) is 14.4 Å². The van der Waals surface area contributed by atoms with Crippen molar-refractivity contribution >= 4 is 23.5 Å². The normalized spacial score (nSPS) is 9.91. The molecule has 2 amide bonds. The maximum Gasteiger partial charge on any atom is 0.310 e. The third-order valence-electron chi connectivity index (χ3n) is 2.62. The molecule has 0 aliphatic heterocycles. The van der Waals surface area contributed by atoms with Gasteiger partial charge in [-0.3, -0.25) is 14.4 Å². The first-order valence-corrected chi connectivity index (χ1v) is 6.79. The average Bonchev–Trinajstić information content (AvgIpc) is 2.47. The van der Waals surface area contributed by atoms with Gasteiger partial charge in [-0.2, -0.15) is 0 Å². The molecule has 1 rings (SSSR count). The number of hydrogen-bond acceptors (Lipinski definition) is 5. The zero-order valence-electron chi connectivity index (χ0n) is 12.7. The van der Waals surface area contributed by atoms with Gasteiger partial charge < -0.3 is 20.1 Å². The van der Waals surface area contributed by atoms with Gasteiger partial charge in [-0.25, -0.2) is 0 Å². The van der Waals surface area contributed by atoms with Crippen molar-refractivity contribution < 1.29 is 23.9 Å². The van der Waals surface area contributed by atoms with Gasteiger partial charge >= 0.3 is 5.97 Å². The van der Waals surface area contributed by atoms with Gasteiger partial charge in [0, 0.05) is 26.3 Å². The van der Waals surface area contributed by atoms with E-state index in [1.165, 1.54) is 14.0 Å². The molecule has 0 saturated carbocycles. The zero-order valence-corrected chi connectivity index (χ0v) is 12.7. The number of carbonyl (C=O) groups excluding carboxylic acids is 3. The van der Waals surface area contributed by atoms with Gasteiger partial charge in [0.25, 0.3) is 5.91 Å². The summed E-state index contributed by atoms with van der Waals surface area (Å²) >= 11 is 0. The highest BCUT2D eigenvalue weighted by Gasteiger charge is 2.08. The predicted octanol–water partition coefficient (Wildman–Crippen LogP) is 0.493. The SMILES string of the molecule is COCCNC(=O)COC(=O)Cc1ccc(NC(C)=O)cc1. The fourth-order valence-corrected chi connectivity index (χ4v) is 1.62. The summed E-state index contributed by atoms with van der Waals surface area (Å²) < 4.78 is 9.65. The number of amides is 2. The summed E-state index contributed by atoms with van der Waals surface area (Å²) in [4.78, 5) is 33.8. The largest absolute Gasteiger partial charge is 0.455 e. The Bertz CT molecular complexity index is 513. The van der Waals surface area contributed by atoms with Crippen LogP contribution in [0.2, 0.25) is 0 Å². The summed E-state index contributed by atoms with van der Waals surface area (Å²) in [5.41, 5.74) is 1.39. The molecule has 0 spiro atoms. The zero-order chi connectivity index (χ0) is 16.4. The highest BCUT2D eigenvalue weighted by Crippen LogP contribution is 2.10. The summed E-state index contributed by atoms with van der Waals surface area (Å²) in [7, 11) is 1.53. The van der Waals surface area contributed by atoms with Crippen LogP contribution in [-0.2, 0) is 30.3 Å². The molecule has 0 radical (unpaired) electrons. The van der Waals surface area contributed by atoms with Crippen LogP contribution in [0.15, 0.2) is 24.3 Å². The molecule has 0 bridgehead atoms. The number of carbonyl (C=O) groups is 3. The Labute approximate surface area is 129 Å². The van der Waals surface area contributed by atoms with Gasteiger partial charge in [0.15, 0.2) is 6.61 Å². The minimum atomic E-state index is -0.492. The third kappa shape index (κ3) is 7.39. The first-order chi connectivity index (χ1) is 10.5. The Morgan fingerprint density at radius 2 is 1.82 bits per heavy atom. The van der Waals surface area contributed by atoms with Crippen LogP contribution in [0, 0.1) is 0 Å². The third-order valence-corrected chi connectivity index (χ3v) is 2.62. The van der Waals surface area contributed by atoms with E-state index < -0.39 is 5.97 Å². The highest BCUT2D eigenvalue weighted by atomic mass is 16.5. The van der Waals surface area contributed by atoms with Crippen molar-refractivity contribution in [1.82, 2.24) is 5.32 Å². The lowest BCUT2D eigenvalue weighted by Crippen LogP contribution is -2.31. The Balaban J connectivity index is 2.32. The molecule has 0 saturated heterocycles. The summed E-state index contributed by atoms with van der Waals surface area (Å²) in [5, 5.41) is 5.18. The molecule has 120 valence electrons. The number of rotatable bonds is 8. The molecule has 1 aromatic rings. The number of ether oxygens (including phenoxy) is 2. The highest BCUT2D eigenvalue weighted by molar-refractivity contribution is 5.88. The van der Waals surface area contributed by atoms with Crippen LogP contribution in [0.4, 0.5) is 5.69 Å². The maximum atomic E-state index is 11.6. The molecular formula is C15H20N2O5. The molecule has 0 aliphatic rings. The topological polar surface area (TPSA) is 93.7 Å². The first kappa shape index (κ1) is 17.6. The summed E-state index contributed by atoms with van der Waals surface area (Å²) in [6.45, 7) is 1.88. The fourth-order valence-electron chi connectivity index (χ4n) is 1.62. The smallest absolute Gasteiger partial charge is 0.310 e. The minimum Gasteiger partial charge on any atom is -0.455 e. The van der Waals surface area contributed by atoms with Crippen LogP contribution in [-0.4, -0.2) is 44.7 Å². The lowest BCUT2D eigenvalue weighted by Gasteiger charge is -2.07. The molecule has 0 aromatic heterocycles. The Morgan fingerprint density at radius 3 is 2.41 bits per heavy atom. The van der Waals surface area contributed by atoms with Crippen molar-refractivity contribution in [3.63, 3.8) is 0 Å². The maximum absolute atomic E-state index is 11.6. The average molecular weight is 308 g/mol. The second-order valence-corrected chi connectivity index (χ2v) is 4.56.